The summed E-state index contributed by atoms with van der Waals surface area (Å²) >= 11 is 1.47. The molecular weight excluding hydrogens is 184 g/mol. The highest BCUT2D eigenvalue weighted by atomic mass is 32.1. The van der Waals surface area contributed by atoms with Crippen molar-refractivity contribution in [3.05, 3.63) is 28.0 Å². The fourth-order valence-electron chi connectivity index (χ4n) is 0.906. The zero-order valence-electron chi connectivity index (χ0n) is 7.49. The van der Waals surface area contributed by atoms with E-state index in [4.69, 9.17) is 5.11 Å². The molecule has 0 bridgehead atoms. The lowest BCUT2D eigenvalue weighted by Crippen LogP contribution is -1.83. The maximum atomic E-state index is 10.9. The lowest BCUT2D eigenvalue weighted by molar-refractivity contribution is 0.102. The molecule has 0 aliphatic heterocycles. The molecular formula is C10H12O2S. The normalized spacial score (nSPS) is 10.9. The SMILES string of the molecule is CC(=O)c1ccc(C=CCCO)s1. The van der Waals surface area contributed by atoms with Gasteiger partial charge in [-0.1, -0.05) is 6.08 Å². The molecule has 0 spiro atoms. The molecule has 0 atom stereocenters. The highest BCUT2D eigenvalue weighted by Gasteiger charge is 2.00. The van der Waals surface area contributed by atoms with Gasteiger partial charge in [0.2, 0.25) is 0 Å². The van der Waals surface area contributed by atoms with E-state index in [9.17, 15) is 4.79 Å². The van der Waals surface area contributed by atoms with Crippen LogP contribution in [0.1, 0.15) is 27.9 Å². The van der Waals surface area contributed by atoms with Crippen molar-refractivity contribution in [2.75, 3.05) is 6.61 Å². The minimum Gasteiger partial charge on any atom is -0.396 e. The zero-order chi connectivity index (χ0) is 9.68. The van der Waals surface area contributed by atoms with E-state index in [1.807, 2.05) is 24.3 Å². The topological polar surface area (TPSA) is 37.3 Å². The maximum absolute atomic E-state index is 10.9. The summed E-state index contributed by atoms with van der Waals surface area (Å²) in [6, 6.07) is 3.74. The number of rotatable bonds is 4. The fourth-order valence-corrected chi connectivity index (χ4v) is 1.74. The number of carbonyl (C=O) groups is 1. The van der Waals surface area contributed by atoms with Gasteiger partial charge in [0.05, 0.1) is 4.88 Å². The van der Waals surface area contributed by atoms with Crippen LogP contribution >= 0.6 is 11.3 Å². The van der Waals surface area contributed by atoms with Crippen molar-refractivity contribution < 1.29 is 9.90 Å². The molecule has 0 radical (unpaired) electrons. The molecule has 3 heteroatoms. The summed E-state index contributed by atoms with van der Waals surface area (Å²) in [4.78, 5) is 12.8. The molecule has 1 heterocycles. The molecule has 70 valence electrons. The van der Waals surface area contributed by atoms with E-state index in [1.54, 1.807) is 6.92 Å². The number of ketones is 1. The lowest BCUT2D eigenvalue weighted by Gasteiger charge is -1.85. The van der Waals surface area contributed by atoms with Gasteiger partial charge in [0, 0.05) is 11.5 Å². The van der Waals surface area contributed by atoms with Crippen LogP contribution in [0.3, 0.4) is 0 Å². The van der Waals surface area contributed by atoms with Crippen molar-refractivity contribution in [1.82, 2.24) is 0 Å². The van der Waals surface area contributed by atoms with Gasteiger partial charge < -0.3 is 5.11 Å². The van der Waals surface area contributed by atoms with Crippen LogP contribution < -0.4 is 0 Å². The minimum absolute atomic E-state index is 0.104. The molecule has 0 aliphatic rings. The first kappa shape index (κ1) is 10.2. The number of aliphatic hydroxyl groups excluding tert-OH is 1. The zero-order valence-corrected chi connectivity index (χ0v) is 8.30. The first-order chi connectivity index (χ1) is 6.24. The van der Waals surface area contributed by atoms with Crippen LogP contribution in [0.5, 0.6) is 0 Å². The van der Waals surface area contributed by atoms with Crippen LogP contribution in [-0.4, -0.2) is 17.5 Å². The Hall–Kier alpha value is -0.930. The van der Waals surface area contributed by atoms with Crippen molar-refractivity contribution in [3.8, 4) is 0 Å². The van der Waals surface area contributed by atoms with E-state index < -0.39 is 0 Å². The van der Waals surface area contributed by atoms with E-state index in [1.165, 1.54) is 11.3 Å². The third kappa shape index (κ3) is 3.13. The van der Waals surface area contributed by atoms with Crippen LogP contribution in [0.4, 0.5) is 0 Å². The molecule has 2 nitrogen and oxygen atoms in total. The van der Waals surface area contributed by atoms with E-state index >= 15 is 0 Å². The molecule has 1 N–H and O–H groups in total. The molecule has 1 aromatic rings. The van der Waals surface area contributed by atoms with Gasteiger partial charge >= 0.3 is 0 Å². The number of Topliss-reactive ketones (excluding diaryl/α,β-unsaturated/α-hetero) is 1. The monoisotopic (exact) mass is 196 g/mol. The Morgan fingerprint density at radius 3 is 2.92 bits per heavy atom. The van der Waals surface area contributed by atoms with E-state index in [0.29, 0.717) is 6.42 Å². The smallest absolute Gasteiger partial charge is 0.169 e. The highest BCUT2D eigenvalue weighted by molar-refractivity contribution is 7.14. The molecule has 0 saturated heterocycles. The molecule has 1 rings (SSSR count). The molecule has 1 aromatic heterocycles. The maximum Gasteiger partial charge on any atom is 0.169 e. The number of carbonyl (C=O) groups excluding carboxylic acids is 1. The standard InChI is InChI=1S/C10H12O2S/c1-8(12)10-6-5-9(13-10)4-2-3-7-11/h2,4-6,11H,3,7H2,1H3. The summed E-state index contributed by atoms with van der Waals surface area (Å²) in [5.74, 6) is 0.104. The second kappa shape index (κ2) is 4.94. The highest BCUT2D eigenvalue weighted by Crippen LogP contribution is 2.18. The Morgan fingerprint density at radius 2 is 2.38 bits per heavy atom. The van der Waals surface area contributed by atoms with E-state index in [-0.39, 0.29) is 12.4 Å². The van der Waals surface area contributed by atoms with Gasteiger partial charge in [0.1, 0.15) is 0 Å². The van der Waals surface area contributed by atoms with Gasteiger partial charge in [0.25, 0.3) is 0 Å². The first-order valence-electron chi connectivity index (χ1n) is 4.12. The van der Waals surface area contributed by atoms with Gasteiger partial charge in [-0.2, -0.15) is 0 Å². The van der Waals surface area contributed by atoms with E-state index in [2.05, 4.69) is 0 Å². The first-order valence-corrected chi connectivity index (χ1v) is 4.94. The molecule has 0 saturated carbocycles. The quantitative estimate of drug-likeness (QED) is 0.750. The van der Waals surface area contributed by atoms with Crippen molar-refractivity contribution in [2.24, 2.45) is 0 Å². The lowest BCUT2D eigenvalue weighted by atomic mass is 10.3. The Labute approximate surface area is 81.5 Å². The Balaban J connectivity index is 2.64. The molecule has 0 amide bonds. The number of hydrogen-bond acceptors (Lipinski definition) is 3. The number of thiophene rings is 1. The van der Waals surface area contributed by atoms with Crippen molar-refractivity contribution in [3.63, 3.8) is 0 Å². The summed E-state index contributed by atoms with van der Waals surface area (Å²) in [5, 5.41) is 8.54. The summed E-state index contributed by atoms with van der Waals surface area (Å²) in [6.07, 6.45) is 4.48. The van der Waals surface area contributed by atoms with Crippen LogP contribution in [0.2, 0.25) is 0 Å². The predicted octanol–water partition coefficient (Wildman–Crippen LogP) is 2.35. The Bertz CT molecular complexity index is 312. The average Bonchev–Trinajstić information content (AvgIpc) is 2.53. The van der Waals surface area contributed by atoms with Crippen LogP contribution in [0.25, 0.3) is 6.08 Å². The number of aliphatic hydroxyl groups is 1. The van der Waals surface area contributed by atoms with Gasteiger partial charge in [-0.15, -0.1) is 11.3 Å². The number of hydrogen-bond donors (Lipinski definition) is 1. The second-order valence-electron chi connectivity index (χ2n) is 2.67. The molecule has 0 fully saturated rings. The summed E-state index contributed by atoms with van der Waals surface area (Å²) in [6.45, 7) is 1.73. The van der Waals surface area contributed by atoms with Crippen molar-refractivity contribution in [2.45, 2.75) is 13.3 Å². The molecule has 13 heavy (non-hydrogen) atoms. The summed E-state index contributed by atoms with van der Waals surface area (Å²) in [5.41, 5.74) is 0. The second-order valence-corrected chi connectivity index (χ2v) is 3.79. The average molecular weight is 196 g/mol. The predicted molar refractivity (Wildman–Crippen MR) is 55.1 cm³/mol. The van der Waals surface area contributed by atoms with Gasteiger partial charge in [-0.05, 0) is 31.6 Å². The minimum atomic E-state index is 0.104. The van der Waals surface area contributed by atoms with Gasteiger partial charge in [0.15, 0.2) is 5.78 Å². The van der Waals surface area contributed by atoms with Crippen LogP contribution in [0, 0.1) is 0 Å². The van der Waals surface area contributed by atoms with Crippen molar-refractivity contribution in [1.29, 1.82) is 0 Å². The Kier molecular flexibility index (Phi) is 3.86. The van der Waals surface area contributed by atoms with E-state index in [0.717, 1.165) is 9.75 Å². The van der Waals surface area contributed by atoms with Crippen molar-refractivity contribution >= 4 is 23.2 Å². The van der Waals surface area contributed by atoms with Crippen LogP contribution in [-0.2, 0) is 0 Å². The van der Waals surface area contributed by atoms with Crippen LogP contribution in [0.15, 0.2) is 18.2 Å². The summed E-state index contributed by atoms with van der Waals surface area (Å²) in [7, 11) is 0. The molecule has 0 aromatic carbocycles. The van der Waals surface area contributed by atoms with Gasteiger partial charge in [-0.25, -0.2) is 0 Å². The fraction of sp³-hybridized carbons (Fsp3) is 0.300. The Morgan fingerprint density at radius 1 is 1.62 bits per heavy atom. The van der Waals surface area contributed by atoms with Gasteiger partial charge in [-0.3, -0.25) is 4.79 Å². The third-order valence-corrected chi connectivity index (χ3v) is 2.70. The third-order valence-electron chi connectivity index (χ3n) is 1.55. The molecule has 0 aliphatic carbocycles. The molecule has 0 unspecified atom stereocenters. The summed E-state index contributed by atoms with van der Waals surface area (Å²) < 4.78 is 0. The largest absolute Gasteiger partial charge is 0.396 e.